The Bertz CT molecular complexity index is 302. The van der Waals surface area contributed by atoms with Crippen LogP contribution in [0, 0.1) is 34.0 Å². The minimum atomic E-state index is -5.39. The van der Waals surface area contributed by atoms with Crippen molar-refractivity contribution in [2.45, 2.75) is 21.9 Å². The molecule has 0 saturated carbocycles. The summed E-state index contributed by atoms with van der Waals surface area (Å²) in [6, 6.07) is 6.20. The van der Waals surface area contributed by atoms with E-state index in [0.717, 1.165) is 159 Å². The Morgan fingerprint density at radius 3 is 0.905 bits per heavy atom. The quantitative estimate of drug-likeness (QED) is 0.238. The summed E-state index contributed by atoms with van der Waals surface area (Å²) >= 11 is 2.55. The fraction of sp³-hybridized carbons (Fsp3) is 0.667. The van der Waals surface area contributed by atoms with Gasteiger partial charge in [-0.3, -0.25) is 0 Å². The van der Waals surface area contributed by atoms with Gasteiger partial charge in [0.2, 0.25) is 0 Å². The molecule has 0 aromatic heterocycles. The van der Waals surface area contributed by atoms with Gasteiger partial charge in [0.1, 0.15) is 0 Å². The molecule has 0 aliphatic carbocycles. The van der Waals surface area contributed by atoms with Crippen molar-refractivity contribution >= 4 is 147 Å². The third-order valence-corrected chi connectivity index (χ3v) is 4.20. The summed E-state index contributed by atoms with van der Waals surface area (Å²) in [5.41, 5.74) is 0. The van der Waals surface area contributed by atoms with Gasteiger partial charge in [0.05, 0.1) is 0 Å². The number of hydrogen-bond donors (Lipinski definition) is 0. The zero-order chi connectivity index (χ0) is 16.9. The molecule has 0 radical (unpaired) electrons. The molecule has 0 fully saturated rings. The van der Waals surface area contributed by atoms with Gasteiger partial charge < -0.3 is 24.7 Å². The van der Waals surface area contributed by atoms with Crippen molar-refractivity contribution in [2.24, 2.45) is 0 Å². The summed E-state index contributed by atoms with van der Waals surface area (Å²) in [5.74, 6) is 0. The van der Waals surface area contributed by atoms with Crippen molar-refractivity contribution in [3.63, 3.8) is 0 Å². The molecule has 0 saturated heterocycles. The number of nitriles is 3. The molecule has 0 aliphatic heterocycles. The Morgan fingerprint density at radius 2 is 0.905 bits per heavy atom. The van der Waals surface area contributed by atoms with Crippen LogP contribution in [0.4, 0.5) is 0 Å². The number of phosphoric acid groups is 1. The molecule has 0 aliphatic rings. The van der Waals surface area contributed by atoms with Crippen LogP contribution in [0.3, 0.4) is 0 Å². The Labute approximate surface area is 222 Å². The van der Waals surface area contributed by atoms with Gasteiger partial charge >= 0.3 is 196 Å². The second kappa shape index (κ2) is 34.6. The second-order valence-corrected chi connectivity index (χ2v) is 10.3. The maximum Gasteiger partial charge on any atom is -0.159 e. The van der Waals surface area contributed by atoms with Crippen molar-refractivity contribution in [1.29, 1.82) is 15.8 Å². The standard InChI is InChI=1S/3C3H4N.3Ba.H3O4P.H2O/c3*1-2-3-4;;;;1-5(2,3)4;/h3*1-2H2;;;;(H3,1,2,3,4);1H2/q;;;3*+1;;/p-3. The van der Waals surface area contributed by atoms with Crippen molar-refractivity contribution in [2.75, 3.05) is 0 Å². The first-order valence-electron chi connectivity index (χ1n) is 5.46. The predicted octanol–water partition coefficient (Wildman–Crippen LogP) is -2.19. The van der Waals surface area contributed by atoms with E-state index in [1.807, 2.05) is 0 Å². The molecule has 0 amide bonds. The molecule has 0 aromatic rings. The first-order chi connectivity index (χ1) is 9.24. The van der Waals surface area contributed by atoms with E-state index >= 15 is 0 Å². The summed E-state index contributed by atoms with van der Waals surface area (Å²) < 4.78 is 12.1. The van der Waals surface area contributed by atoms with Gasteiger partial charge in [-0.15, -0.1) is 0 Å². The van der Waals surface area contributed by atoms with Gasteiger partial charge in [-0.05, 0) is 0 Å². The Hall–Kier alpha value is 3.25. The van der Waals surface area contributed by atoms with Crippen LogP contribution >= 0.6 is 7.82 Å². The average Bonchev–Trinajstić information content (AvgIpc) is 2.31. The molecule has 0 unspecified atom stereocenters. The van der Waals surface area contributed by atoms with E-state index in [9.17, 15) is 0 Å². The van der Waals surface area contributed by atoms with Crippen molar-refractivity contribution in [3.05, 3.63) is 0 Å². The van der Waals surface area contributed by atoms with Crippen molar-refractivity contribution in [3.8, 4) is 18.2 Å². The molecule has 0 spiro atoms. The van der Waals surface area contributed by atoms with Crippen LogP contribution in [0.1, 0.15) is 19.3 Å². The largest absolute Gasteiger partial charge is 0.822 e. The zero-order valence-electron chi connectivity index (χ0n) is 11.8. The van der Waals surface area contributed by atoms with Crippen LogP contribution in [-0.2, 0) is 4.57 Å². The first-order valence-corrected chi connectivity index (χ1v) is 16.3. The molecule has 0 aromatic carbocycles. The molecule has 21 heavy (non-hydrogen) atoms. The maximum atomic E-state index is 8.55. The number of rotatable bonds is 3. The van der Waals surface area contributed by atoms with Gasteiger partial charge in [-0.2, -0.15) is 7.82 Å². The topological polar surface area (TPSA) is 189 Å². The van der Waals surface area contributed by atoms with Gasteiger partial charge in [0.15, 0.2) is 0 Å². The fourth-order valence-electron chi connectivity index (χ4n) is 0.237. The zero-order valence-corrected chi connectivity index (χ0v) is 26.0. The summed E-state index contributed by atoms with van der Waals surface area (Å²) in [5, 5.41) is 23.5. The van der Waals surface area contributed by atoms with Gasteiger partial charge in [-0.1, -0.05) is 0 Å². The van der Waals surface area contributed by atoms with E-state index in [-0.39, 0.29) is 5.48 Å². The van der Waals surface area contributed by atoms with Gasteiger partial charge in [-0.25, -0.2) is 0 Å². The van der Waals surface area contributed by atoms with E-state index in [1.165, 1.54) is 2.67 Å². The molecule has 0 rings (SSSR count). The molecule has 12 heteroatoms. The molecule has 2 N–H and O–H groups in total. The van der Waals surface area contributed by atoms with Crippen LogP contribution in [0.5, 0.6) is 0 Å². The van der Waals surface area contributed by atoms with E-state index in [0.29, 0.717) is 0 Å². The average molecular weight is 687 g/mol. The third-order valence-electron chi connectivity index (χ3n) is 0.866. The minimum Gasteiger partial charge on any atom is -0.822 e. The van der Waals surface area contributed by atoms with Gasteiger partial charge in [0.25, 0.3) is 0 Å². The predicted molar refractivity (Wildman–Crippen MR) is 73.6 cm³/mol. The van der Waals surface area contributed by atoms with Gasteiger partial charge in [0, 0.05) is 0 Å². The van der Waals surface area contributed by atoms with E-state index < -0.39 is 7.82 Å². The Balaban J connectivity index is -0.0000000533. The summed E-state index contributed by atoms with van der Waals surface area (Å²) in [4.78, 5) is 25.6. The smallest absolute Gasteiger partial charge is 0.159 e. The third kappa shape index (κ3) is 123. The molecule has 106 valence electrons. The second-order valence-electron chi connectivity index (χ2n) is 2.73. The molecule has 0 heterocycles. The van der Waals surface area contributed by atoms with E-state index in [4.69, 9.17) is 35.0 Å². The molecular formula is C9H14Ba3N3O5P. The molecular weight excluding hydrogens is 673 g/mol. The van der Waals surface area contributed by atoms with Crippen LogP contribution in [0.15, 0.2) is 0 Å². The molecule has 8 nitrogen and oxygen atoms in total. The fourth-order valence-corrected chi connectivity index (χ4v) is 1.73. The normalized spacial score (nSPS) is 7.52. The summed E-state index contributed by atoms with van der Waals surface area (Å²) in [6.07, 6.45) is 2.34. The maximum absolute atomic E-state index is 8.55. The van der Waals surface area contributed by atoms with Crippen molar-refractivity contribution in [1.82, 2.24) is 0 Å². The number of nitrogens with zero attached hydrogens (tertiary/aromatic N) is 3. The Kier molecular flexibility index (Phi) is 58.2. The van der Waals surface area contributed by atoms with Crippen LogP contribution in [-0.4, -0.2) is 145 Å². The van der Waals surface area contributed by atoms with Crippen LogP contribution < -0.4 is 14.7 Å². The van der Waals surface area contributed by atoms with Crippen molar-refractivity contribution < 1.29 is 24.7 Å². The molecule has 0 atom stereocenters. The number of hydrogen-bond acceptors (Lipinski definition) is 7. The summed E-state index contributed by atoms with van der Waals surface area (Å²) in [6.45, 7) is 0. The Morgan fingerprint density at radius 1 is 0.762 bits per heavy atom. The SMILES string of the molecule is N#CC[CH2][Ba+].N#CC[CH2][Ba+].N#CC[CH2][Ba+].O.O=P([O-])([O-])[O-]. The first kappa shape index (κ1) is 35.4. The minimum absolute atomic E-state index is 0. The van der Waals surface area contributed by atoms with E-state index in [2.05, 4.69) is 18.2 Å². The van der Waals surface area contributed by atoms with Crippen LogP contribution in [0.2, 0.25) is 2.67 Å². The molecule has 0 bridgehead atoms. The van der Waals surface area contributed by atoms with Crippen LogP contribution in [0.25, 0.3) is 0 Å². The van der Waals surface area contributed by atoms with E-state index in [1.54, 1.807) is 0 Å². The monoisotopic (exact) mass is 689 g/mol. The summed E-state index contributed by atoms with van der Waals surface area (Å²) in [7, 11) is -5.39.